The molecule has 3 amide bonds. The van der Waals surface area contributed by atoms with Crippen molar-refractivity contribution in [2.75, 3.05) is 53.4 Å². The summed E-state index contributed by atoms with van der Waals surface area (Å²) >= 11 is 0. The Morgan fingerprint density at radius 2 is 1.75 bits per heavy atom. The molecule has 5 rings (SSSR count). The summed E-state index contributed by atoms with van der Waals surface area (Å²) in [6, 6.07) is 4.54. The second-order valence-corrected chi connectivity index (χ2v) is 12.8. The minimum absolute atomic E-state index is 0.113. The first-order chi connectivity index (χ1) is 28.3. The monoisotopic (exact) mass is 828 g/mol. The number of cyclic esters (lactones) is 1. The number of allylic oxidation sites excluding steroid dienone is 1. The predicted molar refractivity (Wildman–Crippen MR) is 213 cm³/mol. The summed E-state index contributed by atoms with van der Waals surface area (Å²) in [5.41, 5.74) is 14.1. The van der Waals surface area contributed by atoms with Gasteiger partial charge in [-0.05, 0) is 50.1 Å². The summed E-state index contributed by atoms with van der Waals surface area (Å²) < 4.78 is 31.3. The van der Waals surface area contributed by atoms with E-state index in [9.17, 15) is 33.5 Å². The molecule has 322 valence electrons. The van der Waals surface area contributed by atoms with Crippen LogP contribution >= 0.6 is 0 Å². The average molecular weight is 829 g/mol. The number of hydrogen-bond donors (Lipinski definition) is 8. The number of aryl methyl sites for hydroxylation is 1. The molecule has 1 aromatic carbocycles. The fourth-order valence-corrected chi connectivity index (χ4v) is 5.91. The van der Waals surface area contributed by atoms with Crippen LogP contribution in [0.15, 0.2) is 34.9 Å². The first-order valence-corrected chi connectivity index (χ1v) is 18.7. The van der Waals surface area contributed by atoms with E-state index in [-0.39, 0.29) is 77.1 Å². The van der Waals surface area contributed by atoms with E-state index >= 15 is 0 Å². The minimum atomic E-state index is -1.61. The molecule has 1 unspecified atom stereocenters. The van der Waals surface area contributed by atoms with Crippen LogP contribution in [0.5, 0.6) is 0 Å². The molecule has 59 heavy (non-hydrogen) atoms. The average Bonchev–Trinajstić information content (AvgIpc) is 3.59. The van der Waals surface area contributed by atoms with Crippen LogP contribution in [0.2, 0.25) is 0 Å². The van der Waals surface area contributed by atoms with Crippen LogP contribution in [0, 0.1) is 12.7 Å². The lowest BCUT2D eigenvalue weighted by molar-refractivity contribution is -0.157. The zero-order valence-corrected chi connectivity index (χ0v) is 33.5. The Labute approximate surface area is 339 Å². The van der Waals surface area contributed by atoms with Crippen LogP contribution < -0.4 is 44.1 Å². The lowest BCUT2D eigenvalue weighted by Crippen LogP contribution is -2.40. The fourth-order valence-electron chi connectivity index (χ4n) is 5.91. The highest BCUT2D eigenvalue weighted by Crippen LogP contribution is 2.38. The Hall–Kier alpha value is -5.84. The van der Waals surface area contributed by atoms with Crippen LogP contribution in [0.25, 0.3) is 22.3 Å². The predicted octanol–water partition coefficient (Wildman–Crippen LogP) is -1.09. The van der Waals surface area contributed by atoms with Crippen LogP contribution in [0.4, 0.5) is 4.39 Å². The standard InChI is InChI=1S/C34H42FN9O9.C2H5NO.C2H6/c1-18-6-20-22(23-12-44-27(31(23)42-26(20)8-25(18)35)7-21-24(33(44)49)13-53-34(50)32(21)48)11-43(37)10-19(36)4-3-5-39-29(46)14-52-17-41-28(45)9-40-30(47)15-51-16-38-2;3-1-2-4;1-2/h6-8,10,32,38,48H,3-5,9,11-17,36-37H2,1-2H3,(H,39,46)(H,40,47)(H,41,45);2H,1,3H2;1-2H3/b19-10-;;. The lowest BCUT2D eigenvalue weighted by Gasteiger charge is -2.21. The van der Waals surface area contributed by atoms with Crippen LogP contribution in [0.1, 0.15) is 60.6 Å². The number of benzene rings is 1. The number of aliphatic hydroxyl groups excluding tert-OH is 1. The van der Waals surface area contributed by atoms with Crippen molar-refractivity contribution in [1.29, 1.82) is 0 Å². The number of nitrogens with zero attached hydrogens (tertiary/aromatic N) is 3. The van der Waals surface area contributed by atoms with Gasteiger partial charge in [0.25, 0.3) is 5.56 Å². The fraction of sp³-hybridized carbons (Fsp3) is 0.447. The summed E-state index contributed by atoms with van der Waals surface area (Å²) in [5.74, 6) is 3.74. The number of carbonyl (C=O) groups is 5. The zero-order valence-electron chi connectivity index (χ0n) is 33.5. The number of nitrogens with two attached hydrogens (primary N) is 3. The molecule has 0 spiro atoms. The van der Waals surface area contributed by atoms with Crippen LogP contribution in [-0.4, -0.2) is 103 Å². The maximum atomic E-state index is 14.7. The number of pyridine rings is 2. The Morgan fingerprint density at radius 1 is 1.07 bits per heavy atom. The van der Waals surface area contributed by atoms with E-state index in [0.29, 0.717) is 63.8 Å². The van der Waals surface area contributed by atoms with E-state index in [1.54, 1.807) is 32.3 Å². The molecular weight excluding hydrogens is 775 g/mol. The first kappa shape index (κ1) is 47.5. The molecule has 2 aliphatic heterocycles. The zero-order chi connectivity index (χ0) is 43.6. The van der Waals surface area contributed by atoms with Gasteiger partial charge in [0.2, 0.25) is 17.7 Å². The molecule has 1 atom stereocenters. The number of carbonyl (C=O) groups excluding carboxylic acids is 5. The number of aldehydes is 1. The van der Waals surface area contributed by atoms with Gasteiger partial charge in [-0.15, -0.1) is 0 Å². The summed E-state index contributed by atoms with van der Waals surface area (Å²) in [6.07, 6.45) is 1.44. The van der Waals surface area contributed by atoms with Crippen molar-refractivity contribution >= 4 is 40.9 Å². The molecule has 4 heterocycles. The van der Waals surface area contributed by atoms with Gasteiger partial charge in [-0.25, -0.2) is 20.0 Å². The summed E-state index contributed by atoms with van der Waals surface area (Å²) in [6.45, 7) is 5.25. The Balaban J connectivity index is 0.00000146. The molecule has 11 N–H and O–H groups in total. The Morgan fingerprint density at radius 3 is 2.42 bits per heavy atom. The third-order valence-electron chi connectivity index (χ3n) is 8.62. The highest BCUT2D eigenvalue weighted by atomic mass is 19.1. The smallest absolute Gasteiger partial charge is 0.340 e. The summed E-state index contributed by atoms with van der Waals surface area (Å²) in [4.78, 5) is 74.7. The van der Waals surface area contributed by atoms with Gasteiger partial charge in [0.1, 0.15) is 38.7 Å². The van der Waals surface area contributed by atoms with Crippen molar-refractivity contribution in [3.63, 3.8) is 0 Å². The number of hydrogen-bond acceptors (Lipinski definition) is 16. The highest BCUT2D eigenvalue weighted by molar-refractivity contribution is 5.89. The molecule has 0 aliphatic carbocycles. The quantitative estimate of drug-likeness (QED) is 0.0148. The number of aromatic nitrogens is 2. The normalized spacial score (nSPS) is 13.7. The van der Waals surface area contributed by atoms with Crippen molar-refractivity contribution in [3.05, 3.63) is 74.1 Å². The van der Waals surface area contributed by atoms with Crippen LogP contribution in [0.3, 0.4) is 0 Å². The van der Waals surface area contributed by atoms with E-state index in [4.69, 9.17) is 35.6 Å². The molecule has 0 radical (unpaired) electrons. The van der Waals surface area contributed by atoms with Gasteiger partial charge in [0, 0.05) is 47.6 Å². The molecule has 0 fully saturated rings. The van der Waals surface area contributed by atoms with Crippen molar-refractivity contribution in [2.45, 2.75) is 59.4 Å². The van der Waals surface area contributed by atoms with Crippen molar-refractivity contribution in [3.8, 4) is 11.4 Å². The Bertz CT molecular complexity index is 2080. The minimum Gasteiger partial charge on any atom is -0.458 e. The molecule has 21 heteroatoms. The van der Waals surface area contributed by atoms with Gasteiger partial charge in [-0.1, -0.05) is 13.8 Å². The number of rotatable bonds is 18. The molecule has 2 aromatic heterocycles. The van der Waals surface area contributed by atoms with Gasteiger partial charge >= 0.3 is 5.97 Å². The van der Waals surface area contributed by atoms with E-state index in [1.807, 2.05) is 13.8 Å². The molecule has 0 saturated carbocycles. The molecule has 0 bridgehead atoms. The second kappa shape index (κ2) is 23.5. The van der Waals surface area contributed by atoms with Crippen molar-refractivity contribution in [1.82, 2.24) is 35.8 Å². The van der Waals surface area contributed by atoms with Gasteiger partial charge < -0.3 is 61.1 Å². The maximum absolute atomic E-state index is 14.7. The largest absolute Gasteiger partial charge is 0.458 e. The first-order valence-electron chi connectivity index (χ1n) is 18.7. The number of esters is 1. The molecule has 20 nitrogen and oxygen atoms in total. The number of fused-ring (bicyclic) bond motifs is 5. The maximum Gasteiger partial charge on any atom is 0.340 e. The third kappa shape index (κ3) is 13.1. The third-order valence-corrected chi connectivity index (χ3v) is 8.62. The van der Waals surface area contributed by atoms with Gasteiger partial charge in [-0.2, -0.15) is 0 Å². The summed E-state index contributed by atoms with van der Waals surface area (Å²) in [5, 5.41) is 22.7. The molecule has 0 saturated heterocycles. The van der Waals surface area contributed by atoms with Gasteiger partial charge in [0.05, 0.1) is 48.8 Å². The second-order valence-electron chi connectivity index (χ2n) is 12.8. The summed E-state index contributed by atoms with van der Waals surface area (Å²) in [7, 11) is 1.66. The van der Waals surface area contributed by atoms with Gasteiger partial charge in [-0.3, -0.25) is 24.5 Å². The van der Waals surface area contributed by atoms with Gasteiger partial charge in [0.15, 0.2) is 6.10 Å². The van der Waals surface area contributed by atoms with E-state index in [2.05, 4.69) is 27.0 Å². The Kier molecular flexibility index (Phi) is 19.0. The van der Waals surface area contributed by atoms with E-state index in [1.165, 1.54) is 15.6 Å². The number of amides is 3. The number of ether oxygens (including phenoxy) is 3. The number of halogens is 1. The molecular formula is C38H53FN10O10. The SMILES string of the molecule is CC.CNCOCC(=O)NCC(=O)NCOCC(=O)NCCC/C(N)=C/N(N)Cc1c2c(nc3cc(F)c(C)cc13)-c1cc3c(c(=O)n1C2)COC(=O)C3O.NCC=O. The lowest BCUT2D eigenvalue weighted by atomic mass is 9.97. The number of aliphatic hydroxyl groups is 1. The topological polar surface area (TPSA) is 298 Å². The van der Waals surface area contributed by atoms with Crippen molar-refractivity contribution in [2.24, 2.45) is 17.3 Å². The van der Waals surface area contributed by atoms with Crippen molar-refractivity contribution < 1.29 is 47.7 Å². The molecule has 2 aliphatic rings. The van der Waals surface area contributed by atoms with E-state index in [0.717, 1.165) is 0 Å². The number of hydrazine groups is 1. The highest BCUT2D eigenvalue weighted by Gasteiger charge is 2.35. The van der Waals surface area contributed by atoms with Crippen LogP contribution in [-0.2, 0) is 57.9 Å². The number of nitrogens with one attached hydrogen (secondary N) is 4. The molecule has 3 aromatic rings. The van der Waals surface area contributed by atoms with E-state index < -0.39 is 41.2 Å².